The molecule has 1 saturated heterocycles. The van der Waals surface area contributed by atoms with Gasteiger partial charge >= 0.3 is 0 Å². The molecule has 4 N–H and O–H groups in total. The lowest BCUT2D eigenvalue weighted by molar-refractivity contribution is 0.0307. The second-order valence-corrected chi connectivity index (χ2v) is 7.63. The third-order valence-corrected chi connectivity index (χ3v) is 5.59. The van der Waals surface area contributed by atoms with E-state index >= 15 is 0 Å². The number of nitrogens with two attached hydrogens (primary N) is 1. The summed E-state index contributed by atoms with van der Waals surface area (Å²) in [6.07, 6.45) is -0.582. The first kappa shape index (κ1) is 21.9. The Morgan fingerprint density at radius 1 is 1.31 bits per heavy atom. The molecular weight excluding hydrogens is 419 g/mol. The summed E-state index contributed by atoms with van der Waals surface area (Å²) in [6.45, 7) is 2.41. The summed E-state index contributed by atoms with van der Waals surface area (Å²) >= 11 is 12.3. The van der Waals surface area contributed by atoms with Crippen molar-refractivity contribution >= 4 is 35.0 Å². The Hall–Kier alpha value is -1.75. The molecule has 2 heterocycles. The van der Waals surface area contributed by atoms with E-state index in [4.69, 9.17) is 33.7 Å². The highest BCUT2D eigenvalue weighted by molar-refractivity contribution is 6.43. The van der Waals surface area contributed by atoms with Gasteiger partial charge in [0.25, 0.3) is 0 Å². The van der Waals surface area contributed by atoms with Crippen LogP contribution in [0.5, 0.6) is 0 Å². The van der Waals surface area contributed by atoms with Crippen molar-refractivity contribution in [3.8, 4) is 11.3 Å². The number of ether oxygens (including phenoxy) is 1. The molecule has 2 atom stereocenters. The predicted octanol–water partition coefficient (Wildman–Crippen LogP) is 0.918. The zero-order valence-electron chi connectivity index (χ0n) is 16.0. The van der Waals surface area contributed by atoms with Crippen LogP contribution < -0.4 is 10.6 Å². The Balaban J connectivity index is 1.77. The van der Waals surface area contributed by atoms with E-state index in [0.29, 0.717) is 53.4 Å². The van der Waals surface area contributed by atoms with Crippen LogP contribution in [-0.2, 0) is 4.74 Å². The van der Waals surface area contributed by atoms with E-state index < -0.39 is 6.10 Å². The topological polar surface area (TPSA) is 121 Å². The maximum atomic E-state index is 9.95. The molecule has 158 valence electrons. The monoisotopic (exact) mass is 442 g/mol. The molecule has 3 rings (SSSR count). The largest absolute Gasteiger partial charge is 0.394 e. The molecule has 0 spiro atoms. The summed E-state index contributed by atoms with van der Waals surface area (Å²) < 4.78 is 4.97. The number of nitrogen functional groups attached to an aromatic ring is 1. The minimum atomic E-state index is -0.582. The van der Waals surface area contributed by atoms with Gasteiger partial charge in [-0.3, -0.25) is 4.90 Å². The maximum Gasteiger partial charge on any atom is 0.247 e. The van der Waals surface area contributed by atoms with Crippen LogP contribution in [0.2, 0.25) is 10.0 Å². The van der Waals surface area contributed by atoms with E-state index in [1.807, 2.05) is 4.90 Å². The summed E-state index contributed by atoms with van der Waals surface area (Å²) in [5.41, 5.74) is 7.04. The molecule has 0 radical (unpaired) electrons. The van der Waals surface area contributed by atoms with Gasteiger partial charge in [-0.25, -0.2) is 0 Å². The Kier molecular flexibility index (Phi) is 7.44. The number of rotatable bonds is 7. The fraction of sp³-hybridized carbons (Fsp3) is 0.500. The number of benzene rings is 1. The van der Waals surface area contributed by atoms with Gasteiger partial charge in [0.2, 0.25) is 5.95 Å². The second-order valence-electron chi connectivity index (χ2n) is 6.85. The third-order valence-electron chi connectivity index (χ3n) is 4.77. The molecule has 1 aliphatic heterocycles. The summed E-state index contributed by atoms with van der Waals surface area (Å²) in [5.74, 6) is 0.509. The average Bonchev–Trinajstić information content (AvgIpc) is 2.70. The molecule has 11 heteroatoms. The maximum absolute atomic E-state index is 9.95. The minimum absolute atomic E-state index is 0.0952. The summed E-state index contributed by atoms with van der Waals surface area (Å²) in [7, 11) is 1.55. The van der Waals surface area contributed by atoms with E-state index in [0.717, 1.165) is 0 Å². The van der Waals surface area contributed by atoms with E-state index in [9.17, 15) is 10.2 Å². The summed E-state index contributed by atoms with van der Waals surface area (Å²) in [5, 5.41) is 28.9. The molecule has 1 aromatic carbocycles. The van der Waals surface area contributed by atoms with Crippen LogP contribution in [-0.4, -0.2) is 88.9 Å². The first-order valence-corrected chi connectivity index (χ1v) is 9.91. The lowest BCUT2D eigenvalue weighted by Gasteiger charge is -2.41. The second kappa shape index (κ2) is 9.84. The molecule has 0 saturated carbocycles. The number of hydrogen-bond donors (Lipinski definition) is 3. The van der Waals surface area contributed by atoms with Gasteiger partial charge in [0, 0.05) is 38.9 Å². The number of anilines is 2. The summed E-state index contributed by atoms with van der Waals surface area (Å²) in [4.78, 5) is 8.32. The number of aliphatic hydroxyl groups excluding tert-OH is 2. The fourth-order valence-corrected chi connectivity index (χ4v) is 3.77. The number of piperazine rings is 1. The van der Waals surface area contributed by atoms with Crippen LogP contribution in [0.4, 0.5) is 11.8 Å². The van der Waals surface area contributed by atoms with Gasteiger partial charge in [-0.15, -0.1) is 10.2 Å². The first-order valence-electron chi connectivity index (χ1n) is 9.16. The van der Waals surface area contributed by atoms with Crippen LogP contribution in [0.25, 0.3) is 11.3 Å². The van der Waals surface area contributed by atoms with E-state index in [1.165, 1.54) is 0 Å². The van der Waals surface area contributed by atoms with Gasteiger partial charge in [-0.2, -0.15) is 4.98 Å². The molecule has 0 unspecified atom stereocenters. The number of β-amino-alcohol motifs (C(OH)–C–C–N with tert-alkyl or cyclic N) is 1. The quantitative estimate of drug-likeness (QED) is 0.574. The van der Waals surface area contributed by atoms with Crippen molar-refractivity contribution in [2.45, 2.75) is 12.1 Å². The smallest absolute Gasteiger partial charge is 0.247 e. The highest BCUT2D eigenvalue weighted by atomic mass is 35.5. The first-order chi connectivity index (χ1) is 13.9. The Morgan fingerprint density at radius 2 is 2.10 bits per heavy atom. The zero-order valence-corrected chi connectivity index (χ0v) is 17.5. The van der Waals surface area contributed by atoms with Crippen LogP contribution >= 0.6 is 23.2 Å². The number of methoxy groups -OCH3 is 1. The number of halogens is 2. The number of aromatic nitrogens is 3. The van der Waals surface area contributed by atoms with Gasteiger partial charge in [0.15, 0.2) is 5.82 Å². The normalized spacial score (nSPS) is 18.8. The summed E-state index contributed by atoms with van der Waals surface area (Å²) in [6, 6.07) is 4.92. The lowest BCUT2D eigenvalue weighted by atomic mass is 10.1. The molecule has 0 bridgehead atoms. The molecule has 2 aromatic rings. The van der Waals surface area contributed by atoms with Gasteiger partial charge < -0.3 is 25.6 Å². The van der Waals surface area contributed by atoms with Crippen molar-refractivity contribution in [2.75, 3.05) is 57.1 Å². The van der Waals surface area contributed by atoms with E-state index in [1.54, 1.807) is 25.3 Å². The molecule has 0 aliphatic carbocycles. The predicted molar refractivity (Wildman–Crippen MR) is 112 cm³/mol. The molecule has 1 aromatic heterocycles. The van der Waals surface area contributed by atoms with Crippen molar-refractivity contribution in [1.29, 1.82) is 0 Å². The zero-order chi connectivity index (χ0) is 21.0. The fourth-order valence-electron chi connectivity index (χ4n) is 3.38. The molecule has 29 heavy (non-hydrogen) atoms. The lowest BCUT2D eigenvalue weighted by Crippen LogP contribution is -2.56. The molecule has 9 nitrogen and oxygen atoms in total. The van der Waals surface area contributed by atoms with Gasteiger partial charge in [-0.05, 0) is 6.07 Å². The molecular formula is C18H24Cl2N6O3. The number of aliphatic hydroxyl groups is 2. The average molecular weight is 443 g/mol. The van der Waals surface area contributed by atoms with Crippen LogP contribution in [0.15, 0.2) is 18.2 Å². The van der Waals surface area contributed by atoms with Gasteiger partial charge in [0.1, 0.15) is 5.69 Å². The van der Waals surface area contributed by atoms with Crippen molar-refractivity contribution in [3.63, 3.8) is 0 Å². The van der Waals surface area contributed by atoms with Crippen molar-refractivity contribution in [1.82, 2.24) is 20.1 Å². The van der Waals surface area contributed by atoms with Crippen LogP contribution in [0.3, 0.4) is 0 Å². The van der Waals surface area contributed by atoms with E-state index in [-0.39, 0.29) is 25.1 Å². The highest BCUT2D eigenvalue weighted by Crippen LogP contribution is 2.34. The van der Waals surface area contributed by atoms with Gasteiger partial charge in [-0.1, -0.05) is 35.3 Å². The van der Waals surface area contributed by atoms with E-state index in [2.05, 4.69) is 20.1 Å². The molecule has 1 fully saturated rings. The van der Waals surface area contributed by atoms with Crippen LogP contribution in [0, 0.1) is 0 Å². The third kappa shape index (κ3) is 5.06. The van der Waals surface area contributed by atoms with Gasteiger partial charge in [0.05, 0.1) is 35.4 Å². The van der Waals surface area contributed by atoms with Crippen LogP contribution in [0.1, 0.15) is 0 Å². The standard InChI is InChI=1S/C18H24Cl2N6O3/c1-29-10-12(28)8-25-5-6-26(11(7-25)9-27)18-22-17(21)16(23-24-18)13-3-2-4-14(19)15(13)20/h2-4,11-12,27-28H,5-10H2,1H3,(H2,21,22,24)/t11-,12-/m0/s1. The Morgan fingerprint density at radius 3 is 2.79 bits per heavy atom. The minimum Gasteiger partial charge on any atom is -0.394 e. The SMILES string of the molecule is COC[C@@H](O)CN1CCN(c2nnc(-c3cccc(Cl)c3Cl)c(N)n2)[C@H](CO)C1. The molecule has 1 aliphatic rings. The van der Waals surface area contributed by atoms with Crippen molar-refractivity contribution in [3.05, 3.63) is 28.2 Å². The Labute approximate surface area is 179 Å². The number of nitrogens with zero attached hydrogens (tertiary/aromatic N) is 5. The Bertz CT molecular complexity index is 843. The highest BCUT2D eigenvalue weighted by Gasteiger charge is 2.30. The number of hydrogen-bond acceptors (Lipinski definition) is 9. The van der Waals surface area contributed by atoms with Crippen molar-refractivity contribution < 1.29 is 14.9 Å². The van der Waals surface area contributed by atoms with Crippen molar-refractivity contribution in [2.24, 2.45) is 0 Å². The molecule has 0 amide bonds.